The van der Waals surface area contributed by atoms with Crippen LogP contribution in [0.1, 0.15) is 38.8 Å². The minimum atomic E-state index is 0.00556. The molecule has 0 heterocycles. The summed E-state index contributed by atoms with van der Waals surface area (Å²) in [5.74, 6) is 0.00556. The zero-order valence-corrected chi connectivity index (χ0v) is 12.1. The fraction of sp³-hybridized carbons (Fsp3) is 0.533. The standard InChI is InChI=1S/C15H24N2O/c1-6-16-10-14(18)17-13-9-12(15(3,4)5)8-7-11(13)2/h7-9,16H,6,10H2,1-5H3,(H,17,18). The minimum absolute atomic E-state index is 0.00556. The SMILES string of the molecule is CCNCC(=O)Nc1cc(C(C)(C)C)ccc1C. The van der Waals surface area contributed by atoms with Crippen LogP contribution in [-0.4, -0.2) is 19.0 Å². The second-order valence-electron chi connectivity index (χ2n) is 5.61. The van der Waals surface area contributed by atoms with Crippen molar-refractivity contribution < 1.29 is 4.79 Å². The number of aryl methyl sites for hydroxylation is 1. The molecule has 0 aliphatic rings. The molecule has 0 unspecified atom stereocenters. The fourth-order valence-corrected chi connectivity index (χ4v) is 1.66. The van der Waals surface area contributed by atoms with Crippen molar-refractivity contribution in [3.05, 3.63) is 29.3 Å². The Balaban J connectivity index is 2.85. The zero-order valence-electron chi connectivity index (χ0n) is 12.1. The maximum absolute atomic E-state index is 11.7. The van der Waals surface area contributed by atoms with Crippen molar-refractivity contribution in [1.82, 2.24) is 5.32 Å². The van der Waals surface area contributed by atoms with Gasteiger partial charge in [0.1, 0.15) is 0 Å². The molecule has 0 spiro atoms. The summed E-state index contributed by atoms with van der Waals surface area (Å²) in [4.78, 5) is 11.7. The van der Waals surface area contributed by atoms with Crippen LogP contribution in [0.5, 0.6) is 0 Å². The third-order valence-corrected chi connectivity index (χ3v) is 2.91. The van der Waals surface area contributed by atoms with Gasteiger partial charge in [-0.25, -0.2) is 0 Å². The molecule has 0 saturated heterocycles. The van der Waals surface area contributed by atoms with Gasteiger partial charge in [-0.3, -0.25) is 4.79 Å². The van der Waals surface area contributed by atoms with Gasteiger partial charge in [-0.05, 0) is 36.1 Å². The summed E-state index contributed by atoms with van der Waals surface area (Å²) >= 11 is 0. The van der Waals surface area contributed by atoms with Gasteiger partial charge < -0.3 is 10.6 Å². The lowest BCUT2D eigenvalue weighted by Crippen LogP contribution is -2.28. The van der Waals surface area contributed by atoms with Crippen molar-refractivity contribution in [3.63, 3.8) is 0 Å². The van der Waals surface area contributed by atoms with Crippen LogP contribution in [0.25, 0.3) is 0 Å². The molecule has 0 saturated carbocycles. The van der Waals surface area contributed by atoms with Gasteiger partial charge in [-0.15, -0.1) is 0 Å². The molecule has 1 aromatic carbocycles. The van der Waals surface area contributed by atoms with Crippen LogP contribution in [0.4, 0.5) is 5.69 Å². The van der Waals surface area contributed by atoms with Gasteiger partial charge in [0.2, 0.25) is 5.91 Å². The number of hydrogen-bond donors (Lipinski definition) is 2. The summed E-state index contributed by atoms with van der Waals surface area (Å²) in [5.41, 5.74) is 3.32. The highest BCUT2D eigenvalue weighted by Gasteiger charge is 2.15. The predicted molar refractivity (Wildman–Crippen MR) is 77.1 cm³/mol. The molecule has 1 aromatic rings. The molecule has 0 aromatic heterocycles. The molecule has 100 valence electrons. The van der Waals surface area contributed by atoms with Gasteiger partial charge >= 0.3 is 0 Å². The molecule has 1 amide bonds. The van der Waals surface area contributed by atoms with Crippen molar-refractivity contribution in [3.8, 4) is 0 Å². The molecule has 0 fully saturated rings. The van der Waals surface area contributed by atoms with Crippen molar-refractivity contribution in [2.24, 2.45) is 0 Å². The lowest BCUT2D eigenvalue weighted by atomic mass is 9.86. The summed E-state index contributed by atoms with van der Waals surface area (Å²) in [6, 6.07) is 6.25. The first-order chi connectivity index (χ1) is 8.34. The van der Waals surface area contributed by atoms with Gasteiger partial charge in [0.15, 0.2) is 0 Å². The highest BCUT2D eigenvalue weighted by atomic mass is 16.1. The van der Waals surface area contributed by atoms with Gasteiger partial charge in [0.25, 0.3) is 0 Å². The second-order valence-corrected chi connectivity index (χ2v) is 5.61. The Hall–Kier alpha value is -1.35. The second kappa shape index (κ2) is 6.01. The highest BCUT2D eigenvalue weighted by molar-refractivity contribution is 5.93. The molecule has 3 heteroatoms. The van der Waals surface area contributed by atoms with E-state index in [0.717, 1.165) is 17.8 Å². The maximum atomic E-state index is 11.7. The van der Waals surface area contributed by atoms with Crippen molar-refractivity contribution in [1.29, 1.82) is 0 Å². The molecule has 0 bridgehead atoms. The summed E-state index contributed by atoms with van der Waals surface area (Å²) in [7, 11) is 0. The first-order valence-corrected chi connectivity index (χ1v) is 6.46. The van der Waals surface area contributed by atoms with Crippen LogP contribution >= 0.6 is 0 Å². The van der Waals surface area contributed by atoms with Crippen molar-refractivity contribution in [2.45, 2.75) is 40.0 Å². The largest absolute Gasteiger partial charge is 0.325 e. The molecule has 2 N–H and O–H groups in total. The van der Waals surface area contributed by atoms with E-state index in [-0.39, 0.29) is 11.3 Å². The number of hydrogen-bond acceptors (Lipinski definition) is 2. The van der Waals surface area contributed by atoms with E-state index >= 15 is 0 Å². The van der Waals surface area contributed by atoms with E-state index in [1.165, 1.54) is 5.56 Å². The number of rotatable bonds is 4. The Morgan fingerprint density at radius 1 is 1.28 bits per heavy atom. The Labute approximate surface area is 110 Å². The summed E-state index contributed by atoms with van der Waals surface area (Å²) in [5, 5.41) is 5.98. The van der Waals surface area contributed by atoms with E-state index in [4.69, 9.17) is 0 Å². The third kappa shape index (κ3) is 4.15. The van der Waals surface area contributed by atoms with E-state index in [1.807, 2.05) is 13.8 Å². The number of carbonyl (C=O) groups excluding carboxylic acids is 1. The monoisotopic (exact) mass is 248 g/mol. The number of anilines is 1. The smallest absolute Gasteiger partial charge is 0.238 e. The van der Waals surface area contributed by atoms with E-state index in [1.54, 1.807) is 0 Å². The van der Waals surface area contributed by atoms with E-state index in [9.17, 15) is 4.79 Å². The molecule has 1 rings (SSSR count). The highest BCUT2D eigenvalue weighted by Crippen LogP contribution is 2.26. The summed E-state index contributed by atoms with van der Waals surface area (Å²) < 4.78 is 0. The van der Waals surface area contributed by atoms with Crippen molar-refractivity contribution in [2.75, 3.05) is 18.4 Å². The van der Waals surface area contributed by atoms with E-state index < -0.39 is 0 Å². The van der Waals surface area contributed by atoms with E-state index in [0.29, 0.717) is 6.54 Å². The van der Waals surface area contributed by atoms with Crippen molar-refractivity contribution >= 4 is 11.6 Å². The Morgan fingerprint density at radius 3 is 2.50 bits per heavy atom. The van der Waals surface area contributed by atoms with E-state index in [2.05, 4.69) is 49.6 Å². The van der Waals surface area contributed by atoms with Gasteiger partial charge in [0, 0.05) is 5.69 Å². The minimum Gasteiger partial charge on any atom is -0.325 e. The predicted octanol–water partition coefficient (Wildman–Crippen LogP) is 2.84. The quantitative estimate of drug-likeness (QED) is 0.860. The van der Waals surface area contributed by atoms with Crippen LogP contribution in [0.15, 0.2) is 18.2 Å². The number of amides is 1. The Kier molecular flexibility index (Phi) is 4.91. The maximum Gasteiger partial charge on any atom is 0.238 e. The van der Waals surface area contributed by atoms with Crippen LogP contribution in [0.3, 0.4) is 0 Å². The van der Waals surface area contributed by atoms with Gasteiger partial charge in [-0.2, -0.15) is 0 Å². The summed E-state index contributed by atoms with van der Waals surface area (Å²) in [6.45, 7) is 11.7. The lowest BCUT2D eigenvalue weighted by molar-refractivity contribution is -0.115. The first-order valence-electron chi connectivity index (χ1n) is 6.46. The van der Waals surface area contributed by atoms with Crippen LogP contribution in [-0.2, 0) is 10.2 Å². The molecule has 0 aliphatic heterocycles. The Bertz CT molecular complexity index is 419. The number of carbonyl (C=O) groups is 1. The molecule has 3 nitrogen and oxygen atoms in total. The third-order valence-electron chi connectivity index (χ3n) is 2.91. The normalized spacial score (nSPS) is 11.4. The van der Waals surface area contributed by atoms with Crippen LogP contribution in [0.2, 0.25) is 0 Å². The zero-order chi connectivity index (χ0) is 13.8. The number of likely N-dealkylation sites (N-methyl/N-ethyl adjacent to an activating group) is 1. The average Bonchev–Trinajstić information content (AvgIpc) is 2.28. The molecule has 18 heavy (non-hydrogen) atoms. The Morgan fingerprint density at radius 2 is 1.94 bits per heavy atom. The average molecular weight is 248 g/mol. The lowest BCUT2D eigenvalue weighted by Gasteiger charge is -2.21. The molecular weight excluding hydrogens is 224 g/mol. The molecule has 0 aliphatic carbocycles. The number of nitrogens with one attached hydrogen (secondary N) is 2. The molecule has 0 radical (unpaired) electrons. The van der Waals surface area contributed by atoms with Gasteiger partial charge in [-0.1, -0.05) is 39.8 Å². The topological polar surface area (TPSA) is 41.1 Å². The molecule has 0 atom stereocenters. The fourth-order valence-electron chi connectivity index (χ4n) is 1.66. The summed E-state index contributed by atoms with van der Waals surface area (Å²) in [6.07, 6.45) is 0. The number of benzene rings is 1. The van der Waals surface area contributed by atoms with Crippen LogP contribution in [0, 0.1) is 6.92 Å². The van der Waals surface area contributed by atoms with Crippen LogP contribution < -0.4 is 10.6 Å². The molecular formula is C15H24N2O. The van der Waals surface area contributed by atoms with Gasteiger partial charge in [0.05, 0.1) is 6.54 Å². The first kappa shape index (κ1) is 14.7.